The number of amides is 2. The Morgan fingerprint density at radius 1 is 0.939 bits per heavy atom. The number of rotatable bonds is 6. The standard InChI is InChI=1S/C24H18ClF2N3O2S/c25-16-3-9-19(10-4-16)28-22(31)13-21-23(32)30(20-11-7-18(27)8-12-20)24(33)29(21)14-15-1-5-17(26)6-2-15/h1-12,21H,13-14H2,(H,28,31)/t21-/m0/s1. The molecular weight excluding hydrogens is 468 g/mol. The zero-order chi connectivity index (χ0) is 23.5. The highest BCUT2D eigenvalue weighted by Crippen LogP contribution is 2.29. The number of halogens is 3. The Morgan fingerprint density at radius 3 is 2.12 bits per heavy atom. The fourth-order valence-electron chi connectivity index (χ4n) is 3.55. The fourth-order valence-corrected chi connectivity index (χ4v) is 4.06. The molecule has 168 valence electrons. The van der Waals surface area contributed by atoms with Gasteiger partial charge in [-0.1, -0.05) is 23.7 Å². The van der Waals surface area contributed by atoms with Crippen molar-refractivity contribution in [2.45, 2.75) is 19.0 Å². The van der Waals surface area contributed by atoms with E-state index in [4.69, 9.17) is 23.8 Å². The van der Waals surface area contributed by atoms with Crippen LogP contribution in [0.15, 0.2) is 72.8 Å². The van der Waals surface area contributed by atoms with Crippen LogP contribution in [0.1, 0.15) is 12.0 Å². The Hall–Kier alpha value is -3.36. The summed E-state index contributed by atoms with van der Waals surface area (Å²) in [5.41, 5.74) is 1.66. The van der Waals surface area contributed by atoms with Gasteiger partial charge < -0.3 is 10.2 Å². The van der Waals surface area contributed by atoms with Gasteiger partial charge in [0.25, 0.3) is 5.91 Å². The zero-order valence-corrected chi connectivity index (χ0v) is 18.7. The van der Waals surface area contributed by atoms with Gasteiger partial charge in [0.05, 0.1) is 12.1 Å². The number of hydrogen-bond acceptors (Lipinski definition) is 3. The molecule has 0 saturated carbocycles. The van der Waals surface area contributed by atoms with E-state index >= 15 is 0 Å². The van der Waals surface area contributed by atoms with Gasteiger partial charge in [0, 0.05) is 17.3 Å². The van der Waals surface area contributed by atoms with Crippen LogP contribution in [-0.4, -0.2) is 27.9 Å². The molecule has 3 aromatic rings. The summed E-state index contributed by atoms with van der Waals surface area (Å²) in [6.07, 6.45) is -0.166. The van der Waals surface area contributed by atoms with E-state index in [2.05, 4.69) is 5.32 Å². The van der Waals surface area contributed by atoms with Crippen LogP contribution in [0.4, 0.5) is 20.2 Å². The van der Waals surface area contributed by atoms with Gasteiger partial charge in [-0.15, -0.1) is 0 Å². The average Bonchev–Trinajstić information content (AvgIpc) is 3.01. The number of carbonyl (C=O) groups is 2. The maximum Gasteiger partial charge on any atom is 0.256 e. The lowest BCUT2D eigenvalue weighted by Gasteiger charge is -2.24. The fraction of sp³-hybridized carbons (Fsp3) is 0.125. The second-order valence-electron chi connectivity index (χ2n) is 7.46. The molecule has 0 bridgehead atoms. The summed E-state index contributed by atoms with van der Waals surface area (Å²) in [5, 5.41) is 3.46. The summed E-state index contributed by atoms with van der Waals surface area (Å²) in [6.45, 7) is 0.196. The number of hydrogen-bond donors (Lipinski definition) is 1. The second kappa shape index (κ2) is 9.64. The highest BCUT2D eigenvalue weighted by molar-refractivity contribution is 7.80. The molecule has 0 aromatic heterocycles. The highest BCUT2D eigenvalue weighted by atomic mass is 35.5. The van der Waals surface area contributed by atoms with Gasteiger partial charge >= 0.3 is 0 Å². The van der Waals surface area contributed by atoms with Crippen molar-refractivity contribution in [1.82, 2.24) is 4.90 Å². The van der Waals surface area contributed by atoms with E-state index in [0.29, 0.717) is 16.4 Å². The molecule has 1 fully saturated rings. The largest absolute Gasteiger partial charge is 0.332 e. The second-order valence-corrected chi connectivity index (χ2v) is 8.26. The third-order valence-corrected chi connectivity index (χ3v) is 5.85. The molecular formula is C24H18ClF2N3O2S. The van der Waals surface area contributed by atoms with E-state index < -0.39 is 17.8 Å². The van der Waals surface area contributed by atoms with E-state index in [9.17, 15) is 18.4 Å². The first-order valence-corrected chi connectivity index (χ1v) is 10.8. The number of carbonyl (C=O) groups excluding carboxylic acids is 2. The number of thiocarbonyl (C=S) groups is 1. The maximum atomic E-state index is 13.4. The van der Waals surface area contributed by atoms with E-state index in [1.165, 1.54) is 41.3 Å². The Bertz CT molecular complexity index is 1190. The summed E-state index contributed by atoms with van der Waals surface area (Å²) < 4.78 is 26.7. The number of nitrogens with one attached hydrogen (secondary N) is 1. The minimum Gasteiger partial charge on any atom is -0.332 e. The molecule has 2 amide bonds. The smallest absolute Gasteiger partial charge is 0.256 e. The van der Waals surface area contributed by atoms with E-state index in [-0.39, 0.29) is 29.8 Å². The molecule has 4 rings (SSSR count). The predicted molar refractivity (Wildman–Crippen MR) is 127 cm³/mol. The lowest BCUT2D eigenvalue weighted by Crippen LogP contribution is -2.37. The van der Waals surface area contributed by atoms with Crippen molar-refractivity contribution in [1.29, 1.82) is 0 Å². The van der Waals surface area contributed by atoms with Gasteiger partial charge in [0.2, 0.25) is 5.91 Å². The van der Waals surface area contributed by atoms with Crippen molar-refractivity contribution in [3.63, 3.8) is 0 Å². The van der Waals surface area contributed by atoms with Crippen molar-refractivity contribution in [3.05, 3.63) is 95.0 Å². The molecule has 1 heterocycles. The van der Waals surface area contributed by atoms with Crippen molar-refractivity contribution in [3.8, 4) is 0 Å². The Kier molecular flexibility index (Phi) is 6.67. The van der Waals surface area contributed by atoms with Crippen molar-refractivity contribution in [2.24, 2.45) is 0 Å². The van der Waals surface area contributed by atoms with E-state index in [1.807, 2.05) is 0 Å². The topological polar surface area (TPSA) is 52.7 Å². The molecule has 0 unspecified atom stereocenters. The Labute approximate surface area is 199 Å². The van der Waals surface area contributed by atoms with Crippen LogP contribution in [0.3, 0.4) is 0 Å². The molecule has 9 heteroatoms. The summed E-state index contributed by atoms with van der Waals surface area (Å²) in [7, 11) is 0. The zero-order valence-electron chi connectivity index (χ0n) is 17.2. The normalized spacial score (nSPS) is 15.8. The number of benzene rings is 3. The van der Waals surface area contributed by atoms with Crippen LogP contribution in [0, 0.1) is 11.6 Å². The molecule has 1 aliphatic heterocycles. The molecule has 1 N–H and O–H groups in total. The van der Waals surface area contributed by atoms with Crippen LogP contribution in [0.2, 0.25) is 5.02 Å². The molecule has 0 aliphatic carbocycles. The quantitative estimate of drug-likeness (QED) is 0.491. The lowest BCUT2D eigenvalue weighted by molar-refractivity contribution is -0.124. The number of anilines is 2. The van der Waals surface area contributed by atoms with Crippen molar-refractivity contribution < 1.29 is 18.4 Å². The van der Waals surface area contributed by atoms with E-state index in [0.717, 1.165) is 5.56 Å². The van der Waals surface area contributed by atoms with Crippen LogP contribution in [0.5, 0.6) is 0 Å². The first kappa shape index (κ1) is 22.8. The van der Waals surface area contributed by atoms with Crippen molar-refractivity contribution in [2.75, 3.05) is 10.2 Å². The minimum absolute atomic E-state index is 0.166. The highest BCUT2D eigenvalue weighted by Gasteiger charge is 2.44. The van der Waals surface area contributed by atoms with Gasteiger partial charge in [0.1, 0.15) is 17.7 Å². The average molecular weight is 486 g/mol. The van der Waals surface area contributed by atoms with Gasteiger partial charge in [-0.2, -0.15) is 0 Å². The lowest BCUT2D eigenvalue weighted by atomic mass is 10.1. The van der Waals surface area contributed by atoms with Crippen LogP contribution < -0.4 is 10.2 Å². The minimum atomic E-state index is -0.889. The summed E-state index contributed by atoms with van der Waals surface area (Å²) in [6, 6.07) is 16.9. The first-order valence-electron chi connectivity index (χ1n) is 10.0. The van der Waals surface area contributed by atoms with Gasteiger partial charge in [-0.3, -0.25) is 14.5 Å². The molecule has 1 aliphatic rings. The molecule has 33 heavy (non-hydrogen) atoms. The SMILES string of the molecule is O=C(C[C@H]1C(=O)N(c2ccc(F)cc2)C(=S)N1Cc1ccc(F)cc1)Nc1ccc(Cl)cc1. The molecule has 5 nitrogen and oxygen atoms in total. The third kappa shape index (κ3) is 5.18. The maximum absolute atomic E-state index is 13.4. The Morgan fingerprint density at radius 2 is 1.52 bits per heavy atom. The van der Waals surface area contributed by atoms with Crippen LogP contribution in [0.25, 0.3) is 0 Å². The van der Waals surface area contributed by atoms with Gasteiger partial charge in [0.15, 0.2) is 5.11 Å². The van der Waals surface area contributed by atoms with Crippen molar-refractivity contribution >= 4 is 52.1 Å². The first-order chi connectivity index (χ1) is 15.8. The third-order valence-electron chi connectivity index (χ3n) is 5.18. The summed E-state index contributed by atoms with van der Waals surface area (Å²) >= 11 is 11.4. The summed E-state index contributed by atoms with van der Waals surface area (Å²) in [5.74, 6) is -1.62. The number of nitrogens with zero attached hydrogens (tertiary/aromatic N) is 2. The van der Waals surface area contributed by atoms with Crippen LogP contribution in [-0.2, 0) is 16.1 Å². The van der Waals surface area contributed by atoms with Gasteiger partial charge in [-0.25, -0.2) is 8.78 Å². The van der Waals surface area contributed by atoms with Gasteiger partial charge in [-0.05, 0) is 78.4 Å². The molecule has 0 spiro atoms. The molecule has 1 atom stereocenters. The molecule has 0 radical (unpaired) electrons. The monoisotopic (exact) mass is 485 g/mol. The van der Waals surface area contributed by atoms with E-state index in [1.54, 1.807) is 41.3 Å². The molecule has 3 aromatic carbocycles. The van der Waals surface area contributed by atoms with Crippen LogP contribution >= 0.6 is 23.8 Å². The predicted octanol–water partition coefficient (Wildman–Crippen LogP) is 5.15. The Balaban J connectivity index is 1.59. The summed E-state index contributed by atoms with van der Waals surface area (Å²) in [4.78, 5) is 29.0. The molecule has 1 saturated heterocycles.